The van der Waals surface area contributed by atoms with Crippen molar-refractivity contribution in [2.45, 2.75) is 25.7 Å². The first-order valence-electron chi connectivity index (χ1n) is 8.14. The molecular weight excluding hydrogens is 324 g/mol. The number of aryl methyl sites for hydroxylation is 1. The second-order valence-electron chi connectivity index (χ2n) is 5.72. The van der Waals surface area contributed by atoms with Crippen LogP contribution in [0.3, 0.4) is 0 Å². The van der Waals surface area contributed by atoms with Crippen molar-refractivity contribution in [2.24, 2.45) is 0 Å². The van der Waals surface area contributed by atoms with Gasteiger partial charge in [0.15, 0.2) is 5.78 Å². The van der Waals surface area contributed by atoms with Gasteiger partial charge in [-0.1, -0.05) is 0 Å². The van der Waals surface area contributed by atoms with Crippen LogP contribution in [-0.4, -0.2) is 38.1 Å². The number of ether oxygens (including phenoxy) is 2. The zero-order chi connectivity index (χ0) is 16.9. The lowest BCUT2D eigenvalue weighted by Gasteiger charge is -2.09. The summed E-state index contributed by atoms with van der Waals surface area (Å²) < 4.78 is 10.5. The second kappa shape index (κ2) is 7.77. The molecule has 1 N–H and O–H groups in total. The number of rotatable bonds is 6. The van der Waals surface area contributed by atoms with Crippen molar-refractivity contribution in [2.75, 3.05) is 27.3 Å². The van der Waals surface area contributed by atoms with Crippen LogP contribution in [0.1, 0.15) is 32.4 Å². The zero-order valence-electron chi connectivity index (χ0n) is 14.1. The first kappa shape index (κ1) is 16.9. The maximum Gasteiger partial charge on any atom is 0.167 e. The number of carbonyl (C=O) groups excluding carboxylic acids is 1. The fraction of sp³-hybridized carbons (Fsp3) is 0.444. The standard InChI is InChI=1S/C18H22N2O3S/c1-22-12-3-4-13(16(11-12)23-2)15(21)5-6-18-20-14-7-9-19-10-8-17(14)24-18/h3-4,11,19H,5-10H2,1-2H3. The molecule has 0 unspecified atom stereocenters. The summed E-state index contributed by atoms with van der Waals surface area (Å²) in [6.45, 7) is 1.99. The van der Waals surface area contributed by atoms with Gasteiger partial charge in [0.05, 0.1) is 30.5 Å². The largest absolute Gasteiger partial charge is 0.497 e. The van der Waals surface area contributed by atoms with E-state index in [0.717, 1.165) is 30.9 Å². The minimum Gasteiger partial charge on any atom is -0.497 e. The van der Waals surface area contributed by atoms with Gasteiger partial charge in [0.1, 0.15) is 11.5 Å². The molecule has 0 saturated heterocycles. The van der Waals surface area contributed by atoms with Gasteiger partial charge in [-0.2, -0.15) is 0 Å². The minimum absolute atomic E-state index is 0.0709. The van der Waals surface area contributed by atoms with E-state index in [4.69, 9.17) is 14.5 Å². The average molecular weight is 346 g/mol. The number of benzene rings is 1. The lowest BCUT2D eigenvalue weighted by Crippen LogP contribution is -2.16. The molecule has 24 heavy (non-hydrogen) atoms. The number of aromatic nitrogens is 1. The number of methoxy groups -OCH3 is 2. The predicted molar refractivity (Wildman–Crippen MR) is 94.6 cm³/mol. The Labute approximate surface area is 146 Å². The van der Waals surface area contributed by atoms with Gasteiger partial charge in [0.25, 0.3) is 0 Å². The van der Waals surface area contributed by atoms with Crippen molar-refractivity contribution in [3.63, 3.8) is 0 Å². The third-order valence-electron chi connectivity index (χ3n) is 4.16. The van der Waals surface area contributed by atoms with E-state index in [1.165, 1.54) is 10.6 Å². The van der Waals surface area contributed by atoms with Gasteiger partial charge >= 0.3 is 0 Å². The van der Waals surface area contributed by atoms with Crippen molar-refractivity contribution >= 4 is 17.1 Å². The summed E-state index contributed by atoms with van der Waals surface area (Å²) >= 11 is 1.75. The van der Waals surface area contributed by atoms with Crippen molar-refractivity contribution in [3.05, 3.63) is 39.3 Å². The second-order valence-corrected chi connectivity index (χ2v) is 6.89. The van der Waals surface area contributed by atoms with Gasteiger partial charge in [-0.3, -0.25) is 4.79 Å². The molecule has 0 bridgehead atoms. The van der Waals surface area contributed by atoms with Crippen LogP contribution in [0, 0.1) is 0 Å². The molecule has 0 radical (unpaired) electrons. The molecule has 0 spiro atoms. The monoisotopic (exact) mass is 346 g/mol. The van der Waals surface area contributed by atoms with E-state index in [1.54, 1.807) is 43.8 Å². The van der Waals surface area contributed by atoms with Crippen LogP contribution in [0.4, 0.5) is 0 Å². The summed E-state index contributed by atoms with van der Waals surface area (Å²) in [4.78, 5) is 18.6. The summed E-state index contributed by atoms with van der Waals surface area (Å²) in [6, 6.07) is 5.29. The summed E-state index contributed by atoms with van der Waals surface area (Å²) in [7, 11) is 3.16. The quantitative estimate of drug-likeness (QED) is 0.815. The number of hydrogen-bond acceptors (Lipinski definition) is 6. The summed E-state index contributed by atoms with van der Waals surface area (Å²) in [5, 5.41) is 4.44. The molecule has 0 atom stereocenters. The highest BCUT2D eigenvalue weighted by Crippen LogP contribution is 2.27. The van der Waals surface area contributed by atoms with Crippen molar-refractivity contribution in [1.29, 1.82) is 0 Å². The molecule has 0 amide bonds. The normalized spacial score (nSPS) is 13.9. The molecule has 1 aliphatic heterocycles. The number of carbonyl (C=O) groups is 1. The topological polar surface area (TPSA) is 60.5 Å². The maximum absolute atomic E-state index is 12.5. The molecule has 3 rings (SSSR count). The first-order valence-corrected chi connectivity index (χ1v) is 8.96. The Hall–Kier alpha value is -1.92. The number of nitrogens with zero attached hydrogens (tertiary/aromatic N) is 1. The fourth-order valence-electron chi connectivity index (χ4n) is 2.85. The SMILES string of the molecule is COc1ccc(C(=O)CCc2nc3c(s2)CCNCC3)c(OC)c1. The highest BCUT2D eigenvalue weighted by Gasteiger charge is 2.17. The minimum atomic E-state index is 0.0709. The lowest BCUT2D eigenvalue weighted by molar-refractivity contribution is 0.0980. The molecule has 1 aromatic carbocycles. The molecule has 0 fully saturated rings. The van der Waals surface area contributed by atoms with Gasteiger partial charge < -0.3 is 14.8 Å². The molecule has 0 saturated carbocycles. The maximum atomic E-state index is 12.5. The van der Waals surface area contributed by atoms with Gasteiger partial charge in [-0.15, -0.1) is 11.3 Å². The van der Waals surface area contributed by atoms with E-state index in [0.29, 0.717) is 29.9 Å². The van der Waals surface area contributed by atoms with Crippen molar-refractivity contribution in [1.82, 2.24) is 10.3 Å². The first-order chi connectivity index (χ1) is 11.7. The van der Waals surface area contributed by atoms with Crippen LogP contribution in [0.15, 0.2) is 18.2 Å². The smallest absolute Gasteiger partial charge is 0.167 e. The van der Waals surface area contributed by atoms with E-state index in [2.05, 4.69) is 5.32 Å². The molecule has 5 nitrogen and oxygen atoms in total. The van der Waals surface area contributed by atoms with Crippen molar-refractivity contribution in [3.8, 4) is 11.5 Å². The molecule has 6 heteroatoms. The summed E-state index contributed by atoms with van der Waals surface area (Å²) in [5.74, 6) is 1.31. The Balaban J connectivity index is 1.67. The highest BCUT2D eigenvalue weighted by atomic mass is 32.1. The van der Waals surface area contributed by atoms with E-state index in [9.17, 15) is 4.79 Å². The Bertz CT molecular complexity index is 704. The lowest BCUT2D eigenvalue weighted by atomic mass is 10.1. The van der Waals surface area contributed by atoms with E-state index < -0.39 is 0 Å². The number of nitrogens with one attached hydrogen (secondary N) is 1. The van der Waals surface area contributed by atoms with Gasteiger partial charge in [0.2, 0.25) is 0 Å². The van der Waals surface area contributed by atoms with Gasteiger partial charge in [0, 0.05) is 43.3 Å². The predicted octanol–water partition coefficient (Wildman–Crippen LogP) is 2.66. The van der Waals surface area contributed by atoms with Gasteiger partial charge in [-0.05, 0) is 18.6 Å². The van der Waals surface area contributed by atoms with E-state index in [1.807, 2.05) is 0 Å². The van der Waals surface area contributed by atoms with Gasteiger partial charge in [-0.25, -0.2) is 4.98 Å². The molecule has 2 heterocycles. The zero-order valence-corrected chi connectivity index (χ0v) is 14.9. The number of hydrogen-bond donors (Lipinski definition) is 1. The highest BCUT2D eigenvalue weighted by molar-refractivity contribution is 7.11. The molecular formula is C18H22N2O3S. The molecule has 1 aromatic heterocycles. The Kier molecular flexibility index (Phi) is 5.48. The van der Waals surface area contributed by atoms with Crippen LogP contribution in [0.2, 0.25) is 0 Å². The number of ketones is 1. The van der Waals surface area contributed by atoms with Crippen LogP contribution >= 0.6 is 11.3 Å². The Morgan fingerprint density at radius 2 is 2.08 bits per heavy atom. The number of Topliss-reactive ketones (excluding diaryl/α,β-unsaturated/α-hetero) is 1. The van der Waals surface area contributed by atoms with E-state index in [-0.39, 0.29) is 5.78 Å². The van der Waals surface area contributed by atoms with Crippen LogP contribution < -0.4 is 14.8 Å². The van der Waals surface area contributed by atoms with Crippen molar-refractivity contribution < 1.29 is 14.3 Å². The molecule has 0 aliphatic carbocycles. The fourth-order valence-corrected chi connectivity index (χ4v) is 3.97. The van der Waals surface area contributed by atoms with E-state index >= 15 is 0 Å². The average Bonchev–Trinajstić information content (AvgIpc) is 2.88. The third kappa shape index (κ3) is 3.76. The molecule has 1 aliphatic rings. The Morgan fingerprint density at radius 3 is 2.88 bits per heavy atom. The molecule has 128 valence electrons. The van der Waals surface area contributed by atoms with Crippen LogP contribution in [0.5, 0.6) is 11.5 Å². The van der Waals surface area contributed by atoms with Crippen LogP contribution in [0.25, 0.3) is 0 Å². The number of thiazole rings is 1. The van der Waals surface area contributed by atoms with Crippen LogP contribution in [-0.2, 0) is 19.3 Å². The molecule has 2 aromatic rings. The third-order valence-corrected chi connectivity index (χ3v) is 5.38. The number of fused-ring (bicyclic) bond motifs is 1. The summed E-state index contributed by atoms with van der Waals surface area (Å²) in [6.07, 6.45) is 3.13. The summed E-state index contributed by atoms with van der Waals surface area (Å²) in [5.41, 5.74) is 1.80. The Morgan fingerprint density at radius 1 is 1.25 bits per heavy atom.